The highest BCUT2D eigenvalue weighted by atomic mass is 32.2. The number of para-hydroxylation sites is 1. The molecule has 204 valence electrons. The molecule has 13 nitrogen and oxygen atoms in total. The normalized spacial score (nSPS) is 12.0. The molecule has 0 aliphatic carbocycles. The van der Waals surface area contributed by atoms with Gasteiger partial charge in [0.2, 0.25) is 16.0 Å². The van der Waals surface area contributed by atoms with E-state index in [2.05, 4.69) is 34.9 Å². The lowest BCUT2D eigenvalue weighted by Gasteiger charge is -2.22. The third-order valence-electron chi connectivity index (χ3n) is 5.70. The minimum absolute atomic E-state index is 0.0365. The number of carbonyl (C=O) groups excluding carboxylic acids is 1. The number of aromatic nitrogens is 6. The molecule has 1 atom stereocenters. The number of nitrogens with zero attached hydrogens (tertiary/aromatic N) is 6. The van der Waals surface area contributed by atoms with E-state index in [-0.39, 0.29) is 29.7 Å². The zero-order chi connectivity index (χ0) is 28.2. The maximum Gasteiger partial charge on any atom is 0.276 e. The van der Waals surface area contributed by atoms with Gasteiger partial charge in [0.15, 0.2) is 11.6 Å². The summed E-state index contributed by atoms with van der Waals surface area (Å²) in [7, 11) is 0.672. The quantitative estimate of drug-likeness (QED) is 0.296. The predicted octanol–water partition coefficient (Wildman–Crippen LogP) is 2.46. The van der Waals surface area contributed by atoms with Crippen molar-refractivity contribution in [3.8, 4) is 22.9 Å². The minimum Gasteiger partial charge on any atom is -0.494 e. The Kier molecular flexibility index (Phi) is 7.99. The van der Waals surface area contributed by atoms with E-state index in [4.69, 9.17) is 9.47 Å². The summed E-state index contributed by atoms with van der Waals surface area (Å²) in [5.41, 5.74) is 1.06. The summed E-state index contributed by atoms with van der Waals surface area (Å²) in [6, 6.07) is 8.28. The number of methoxy groups -OCH3 is 2. The zero-order valence-electron chi connectivity index (χ0n) is 21.4. The lowest BCUT2D eigenvalue weighted by atomic mass is 10.2. The van der Waals surface area contributed by atoms with Gasteiger partial charge in [0.05, 0.1) is 31.9 Å². The van der Waals surface area contributed by atoms with Crippen LogP contribution in [0.4, 0.5) is 16.0 Å². The Morgan fingerprint density at radius 2 is 1.72 bits per heavy atom. The van der Waals surface area contributed by atoms with Crippen molar-refractivity contribution in [3.63, 3.8) is 0 Å². The van der Waals surface area contributed by atoms with Gasteiger partial charge in [-0.25, -0.2) is 22.8 Å². The van der Waals surface area contributed by atoms with Crippen molar-refractivity contribution in [3.05, 3.63) is 66.3 Å². The van der Waals surface area contributed by atoms with Gasteiger partial charge in [-0.3, -0.25) is 14.5 Å². The van der Waals surface area contributed by atoms with Gasteiger partial charge in [-0.05, 0) is 31.2 Å². The predicted molar refractivity (Wildman–Crippen MR) is 140 cm³/mol. The number of sulfonamides is 1. The van der Waals surface area contributed by atoms with Crippen molar-refractivity contribution in [2.45, 2.75) is 18.6 Å². The first-order valence-electron chi connectivity index (χ1n) is 11.5. The lowest BCUT2D eigenvalue weighted by molar-refractivity contribution is 0.0987. The molecule has 0 saturated heterocycles. The monoisotopic (exact) mass is 556 g/mol. The molecular formula is C24H25FN8O5S. The maximum absolute atomic E-state index is 13.1. The highest BCUT2D eigenvalue weighted by Crippen LogP contribution is 2.37. The van der Waals surface area contributed by atoms with Gasteiger partial charge in [0.1, 0.15) is 28.7 Å². The summed E-state index contributed by atoms with van der Waals surface area (Å²) >= 11 is 0. The molecule has 3 heterocycles. The fourth-order valence-electron chi connectivity index (χ4n) is 3.58. The largest absolute Gasteiger partial charge is 0.494 e. The number of nitrogens with one attached hydrogen (secondary N) is 2. The second-order valence-corrected chi connectivity index (χ2v) is 10.4. The van der Waals surface area contributed by atoms with Gasteiger partial charge in [-0.15, -0.1) is 10.2 Å². The van der Waals surface area contributed by atoms with Crippen LogP contribution in [0.15, 0.2) is 48.9 Å². The van der Waals surface area contributed by atoms with Crippen molar-refractivity contribution in [2.75, 3.05) is 30.9 Å². The second kappa shape index (κ2) is 11.4. The lowest BCUT2D eigenvalue weighted by Crippen LogP contribution is -2.28. The third kappa shape index (κ3) is 6.09. The van der Waals surface area contributed by atoms with E-state index in [0.717, 1.165) is 12.4 Å². The molecule has 0 saturated carbocycles. The van der Waals surface area contributed by atoms with Crippen molar-refractivity contribution in [1.29, 1.82) is 0 Å². The van der Waals surface area contributed by atoms with E-state index in [0.29, 0.717) is 22.7 Å². The van der Waals surface area contributed by atoms with Crippen LogP contribution in [0.2, 0.25) is 0 Å². The van der Waals surface area contributed by atoms with E-state index in [1.54, 1.807) is 31.3 Å². The summed E-state index contributed by atoms with van der Waals surface area (Å²) in [5, 5.41) is 6.85. The molecule has 0 unspecified atom stereocenters. The highest BCUT2D eigenvalue weighted by molar-refractivity contribution is 7.93. The van der Waals surface area contributed by atoms with Gasteiger partial charge in [0, 0.05) is 25.2 Å². The summed E-state index contributed by atoms with van der Waals surface area (Å²) < 4.78 is 51.5. The number of ether oxygens (including phenoxy) is 2. The maximum atomic E-state index is 13.1. The molecule has 39 heavy (non-hydrogen) atoms. The Hall–Kier alpha value is -4.66. The molecule has 0 bridgehead atoms. The van der Waals surface area contributed by atoms with Crippen LogP contribution in [0.3, 0.4) is 0 Å². The summed E-state index contributed by atoms with van der Waals surface area (Å²) in [4.78, 5) is 29.1. The molecular weight excluding hydrogens is 531 g/mol. The fourth-order valence-corrected chi connectivity index (χ4v) is 4.51. The van der Waals surface area contributed by atoms with E-state index >= 15 is 0 Å². The van der Waals surface area contributed by atoms with Crippen LogP contribution >= 0.6 is 0 Å². The summed E-state index contributed by atoms with van der Waals surface area (Å²) in [6.45, 7) is 1.46. The van der Waals surface area contributed by atoms with Crippen molar-refractivity contribution in [2.24, 2.45) is 0 Å². The van der Waals surface area contributed by atoms with Gasteiger partial charge < -0.3 is 19.4 Å². The average molecular weight is 557 g/mol. The first-order valence-corrected chi connectivity index (χ1v) is 13.0. The molecule has 0 radical (unpaired) electrons. The number of rotatable bonds is 10. The van der Waals surface area contributed by atoms with E-state index in [1.807, 2.05) is 0 Å². The Morgan fingerprint density at radius 3 is 2.31 bits per heavy atom. The second-order valence-electron chi connectivity index (χ2n) is 8.31. The minimum atomic E-state index is -3.90. The standard InChI is InChI=1S/C24H25FN8O5S/c1-14(10-20-27-12-16(25)13-28-20)39(35,36)32-24-29-22(30-31-24)15-8-9-17(26-11-15)23(34)33(2)21-18(37-3)6-5-7-19(21)38-4/h5-9,11-14H,10H2,1-4H3,(H2,29,30,31,32)/t14-/m1/s1. The molecule has 0 fully saturated rings. The van der Waals surface area contributed by atoms with Gasteiger partial charge in [-0.1, -0.05) is 6.07 Å². The fraction of sp³-hybridized carbons (Fsp3) is 0.250. The van der Waals surface area contributed by atoms with E-state index in [1.165, 1.54) is 38.3 Å². The number of halogens is 1. The molecule has 4 aromatic rings. The van der Waals surface area contributed by atoms with Gasteiger partial charge in [-0.2, -0.15) is 0 Å². The number of hydrogen-bond acceptors (Lipinski definition) is 10. The molecule has 0 aliphatic heterocycles. The smallest absolute Gasteiger partial charge is 0.276 e. The Labute approximate surface area is 223 Å². The van der Waals surface area contributed by atoms with Gasteiger partial charge in [0.25, 0.3) is 5.91 Å². The number of hydrogen-bond donors (Lipinski definition) is 2. The number of H-pyrrole nitrogens is 1. The van der Waals surface area contributed by atoms with Crippen LogP contribution in [-0.2, 0) is 16.4 Å². The van der Waals surface area contributed by atoms with Crippen LogP contribution in [-0.4, -0.2) is 71.0 Å². The van der Waals surface area contributed by atoms with Crippen LogP contribution in [0.5, 0.6) is 11.5 Å². The molecule has 0 aliphatic rings. The number of carbonyl (C=O) groups is 1. The average Bonchev–Trinajstić information content (AvgIpc) is 3.40. The Balaban J connectivity index is 1.46. The van der Waals surface area contributed by atoms with Crippen molar-refractivity contribution in [1.82, 2.24) is 30.1 Å². The molecule has 2 N–H and O–H groups in total. The number of aromatic amines is 1. The van der Waals surface area contributed by atoms with Crippen LogP contribution in [0.1, 0.15) is 23.2 Å². The van der Waals surface area contributed by atoms with E-state index in [9.17, 15) is 17.6 Å². The SMILES string of the molecule is COc1cccc(OC)c1N(C)C(=O)c1ccc(-c2nnc(NS(=O)(=O)[C@H](C)Cc3ncc(F)cn3)[nH]2)cn1. The summed E-state index contributed by atoms with van der Waals surface area (Å²) in [6.07, 6.45) is 3.31. The van der Waals surface area contributed by atoms with Crippen LogP contribution in [0.25, 0.3) is 11.4 Å². The molecule has 1 amide bonds. The van der Waals surface area contributed by atoms with Crippen LogP contribution in [0, 0.1) is 5.82 Å². The topological polar surface area (TPSA) is 165 Å². The molecule has 3 aromatic heterocycles. The summed E-state index contributed by atoms with van der Waals surface area (Å²) in [5.74, 6) is 0.194. The number of pyridine rings is 1. The van der Waals surface area contributed by atoms with Crippen molar-refractivity contribution < 1.29 is 27.1 Å². The Morgan fingerprint density at radius 1 is 1.05 bits per heavy atom. The molecule has 15 heteroatoms. The number of amides is 1. The molecule has 1 aromatic carbocycles. The van der Waals surface area contributed by atoms with Crippen molar-refractivity contribution >= 4 is 27.6 Å². The first kappa shape index (κ1) is 27.4. The van der Waals surface area contributed by atoms with E-state index < -0.39 is 27.0 Å². The number of anilines is 2. The van der Waals surface area contributed by atoms with Gasteiger partial charge >= 0.3 is 0 Å². The zero-order valence-corrected chi connectivity index (χ0v) is 22.2. The van der Waals surface area contributed by atoms with Crippen LogP contribution < -0.4 is 19.1 Å². The first-order chi connectivity index (χ1) is 18.6. The highest BCUT2D eigenvalue weighted by Gasteiger charge is 2.25. The number of benzene rings is 1. The molecule has 0 spiro atoms. The third-order valence-corrected chi connectivity index (χ3v) is 7.40. The Bertz CT molecular complexity index is 1540. The molecule has 4 rings (SSSR count).